The number of nitrogens with one attached hydrogen (secondary N) is 1. The number of carbonyl (C=O) groups excluding carboxylic acids is 1. The number of benzene rings is 2. The fourth-order valence-corrected chi connectivity index (χ4v) is 2.90. The van der Waals surface area contributed by atoms with Gasteiger partial charge in [0.15, 0.2) is 0 Å². The topological polar surface area (TPSA) is 89.5 Å². The molecule has 0 saturated carbocycles. The molecule has 0 aliphatic rings. The van der Waals surface area contributed by atoms with Crippen LogP contribution in [0.1, 0.15) is 21.6 Å². The van der Waals surface area contributed by atoms with Crippen molar-refractivity contribution in [2.24, 2.45) is 5.10 Å². The van der Waals surface area contributed by atoms with Gasteiger partial charge in [-0.2, -0.15) is 5.10 Å². The number of hydrazone groups is 1. The number of non-ortho nitro benzene ring substituents is 1. The van der Waals surface area contributed by atoms with E-state index in [0.717, 1.165) is 22.2 Å². The summed E-state index contributed by atoms with van der Waals surface area (Å²) in [5.74, 6) is 2.11. The van der Waals surface area contributed by atoms with Crippen molar-refractivity contribution in [1.82, 2.24) is 9.99 Å². The number of nitro groups is 1. The summed E-state index contributed by atoms with van der Waals surface area (Å²) in [5.41, 5.74) is 5.18. The lowest BCUT2D eigenvalue weighted by atomic mass is 10.1. The third-order valence-electron chi connectivity index (χ3n) is 4.21. The predicted molar refractivity (Wildman–Crippen MR) is 104 cm³/mol. The van der Waals surface area contributed by atoms with Gasteiger partial charge in [0.1, 0.15) is 0 Å². The number of rotatable bonds is 5. The minimum Gasteiger partial charge on any atom is -0.333 e. The lowest BCUT2D eigenvalue weighted by Crippen LogP contribution is -2.17. The van der Waals surface area contributed by atoms with Crippen molar-refractivity contribution >= 4 is 28.7 Å². The highest BCUT2D eigenvalue weighted by Crippen LogP contribution is 2.24. The summed E-state index contributed by atoms with van der Waals surface area (Å²) >= 11 is 0. The van der Waals surface area contributed by atoms with E-state index in [1.165, 1.54) is 24.3 Å². The van der Waals surface area contributed by atoms with Gasteiger partial charge in [0.25, 0.3) is 11.6 Å². The van der Waals surface area contributed by atoms with Crippen molar-refractivity contribution < 1.29 is 9.72 Å². The van der Waals surface area contributed by atoms with E-state index in [1.807, 2.05) is 35.8 Å². The van der Waals surface area contributed by atoms with Gasteiger partial charge in [-0.3, -0.25) is 14.9 Å². The molecule has 27 heavy (non-hydrogen) atoms. The molecule has 0 fully saturated rings. The van der Waals surface area contributed by atoms with Crippen LogP contribution in [0.5, 0.6) is 0 Å². The Labute approximate surface area is 155 Å². The van der Waals surface area contributed by atoms with Crippen LogP contribution in [0.3, 0.4) is 0 Å². The second-order valence-corrected chi connectivity index (χ2v) is 5.81. The van der Waals surface area contributed by atoms with Crippen LogP contribution in [-0.2, 0) is 6.54 Å². The molecule has 0 radical (unpaired) electrons. The maximum absolute atomic E-state index is 12.2. The quantitative estimate of drug-likeness (QED) is 0.328. The minimum atomic E-state index is -0.552. The standard InChI is InChI=1S/C20H16N4O3/c1-3-11-23-14(2)18(17-9-4-5-10-19(17)23)13-21-22-20(25)15-7-6-8-16(12-15)24(26)27/h1,4-10,12-13H,11H2,2H3,(H,22,25)/b21-13+. The van der Waals surface area contributed by atoms with Gasteiger partial charge in [0, 0.05) is 39.9 Å². The molecule has 1 aromatic heterocycles. The van der Waals surface area contributed by atoms with Gasteiger partial charge in [-0.25, -0.2) is 5.43 Å². The van der Waals surface area contributed by atoms with E-state index in [-0.39, 0.29) is 11.3 Å². The Morgan fingerprint density at radius 3 is 2.85 bits per heavy atom. The molecule has 134 valence electrons. The maximum Gasteiger partial charge on any atom is 0.271 e. The number of aromatic nitrogens is 1. The Hall–Kier alpha value is -3.92. The number of nitro benzene ring substituents is 1. The molecule has 1 N–H and O–H groups in total. The number of terminal acetylenes is 1. The molecule has 3 aromatic rings. The monoisotopic (exact) mass is 360 g/mol. The van der Waals surface area contributed by atoms with E-state index in [4.69, 9.17) is 6.42 Å². The van der Waals surface area contributed by atoms with Crippen LogP contribution in [0.15, 0.2) is 53.6 Å². The largest absolute Gasteiger partial charge is 0.333 e. The number of para-hydroxylation sites is 1. The van der Waals surface area contributed by atoms with Gasteiger partial charge in [-0.1, -0.05) is 30.2 Å². The smallest absolute Gasteiger partial charge is 0.271 e. The molecule has 0 saturated heterocycles. The molecule has 0 aliphatic carbocycles. The highest BCUT2D eigenvalue weighted by molar-refractivity contribution is 6.02. The average Bonchev–Trinajstić information content (AvgIpc) is 2.94. The van der Waals surface area contributed by atoms with Crippen molar-refractivity contribution in [2.45, 2.75) is 13.5 Å². The van der Waals surface area contributed by atoms with E-state index in [9.17, 15) is 14.9 Å². The van der Waals surface area contributed by atoms with Gasteiger partial charge in [0.2, 0.25) is 0 Å². The number of carbonyl (C=O) groups is 1. The minimum absolute atomic E-state index is 0.153. The second kappa shape index (κ2) is 7.54. The molecule has 1 amide bonds. The maximum atomic E-state index is 12.2. The van der Waals surface area contributed by atoms with E-state index in [1.54, 1.807) is 6.21 Å². The molecule has 7 heteroatoms. The molecule has 1 heterocycles. The summed E-state index contributed by atoms with van der Waals surface area (Å²) < 4.78 is 2.00. The summed E-state index contributed by atoms with van der Waals surface area (Å²) in [6.07, 6.45) is 7.01. The van der Waals surface area contributed by atoms with E-state index < -0.39 is 10.8 Å². The normalized spacial score (nSPS) is 10.8. The molecule has 0 aliphatic heterocycles. The number of hydrogen-bond donors (Lipinski definition) is 1. The van der Waals surface area contributed by atoms with Gasteiger partial charge in [-0.15, -0.1) is 6.42 Å². The van der Waals surface area contributed by atoms with Crippen molar-refractivity contribution in [2.75, 3.05) is 0 Å². The summed E-state index contributed by atoms with van der Waals surface area (Å²) in [5, 5.41) is 15.8. The molecule has 2 aromatic carbocycles. The number of nitrogens with zero attached hydrogens (tertiary/aromatic N) is 3. The van der Waals surface area contributed by atoms with Crippen LogP contribution >= 0.6 is 0 Å². The fourth-order valence-electron chi connectivity index (χ4n) is 2.90. The summed E-state index contributed by atoms with van der Waals surface area (Å²) in [7, 11) is 0. The SMILES string of the molecule is C#CCn1c(C)c(/C=N/NC(=O)c2cccc([N+](=O)[O-])c2)c2ccccc21. The van der Waals surface area contributed by atoms with E-state index in [2.05, 4.69) is 16.4 Å². The zero-order valence-electron chi connectivity index (χ0n) is 14.5. The lowest BCUT2D eigenvalue weighted by Gasteiger charge is -2.02. The Morgan fingerprint density at radius 1 is 1.33 bits per heavy atom. The van der Waals surface area contributed by atoms with Crippen LogP contribution in [0.25, 0.3) is 10.9 Å². The average molecular weight is 360 g/mol. The second-order valence-electron chi connectivity index (χ2n) is 5.81. The van der Waals surface area contributed by atoms with E-state index >= 15 is 0 Å². The first-order chi connectivity index (χ1) is 13.0. The molecule has 0 atom stereocenters. The van der Waals surface area contributed by atoms with Crippen molar-refractivity contribution in [3.05, 3.63) is 75.5 Å². The summed E-state index contributed by atoms with van der Waals surface area (Å²) in [6.45, 7) is 2.36. The Morgan fingerprint density at radius 2 is 2.11 bits per heavy atom. The zero-order valence-corrected chi connectivity index (χ0v) is 14.5. The zero-order chi connectivity index (χ0) is 19.4. The molecule has 7 nitrogen and oxygen atoms in total. The highest BCUT2D eigenvalue weighted by Gasteiger charge is 2.13. The van der Waals surface area contributed by atoms with Crippen molar-refractivity contribution in [3.8, 4) is 12.3 Å². The molecule has 0 bridgehead atoms. The molecular weight excluding hydrogens is 344 g/mol. The predicted octanol–water partition coefficient (Wildman–Crippen LogP) is 3.26. The van der Waals surface area contributed by atoms with Gasteiger partial charge in [-0.05, 0) is 19.1 Å². The first kappa shape index (κ1) is 17.9. The Bertz CT molecular complexity index is 1110. The first-order valence-electron chi connectivity index (χ1n) is 8.12. The lowest BCUT2D eigenvalue weighted by molar-refractivity contribution is -0.384. The van der Waals surface area contributed by atoms with Crippen LogP contribution < -0.4 is 5.43 Å². The van der Waals surface area contributed by atoms with Crippen molar-refractivity contribution in [1.29, 1.82) is 0 Å². The Kier molecular flexibility index (Phi) is 4.99. The Balaban J connectivity index is 1.86. The summed E-state index contributed by atoms with van der Waals surface area (Å²) in [4.78, 5) is 22.5. The fraction of sp³-hybridized carbons (Fsp3) is 0.100. The number of fused-ring (bicyclic) bond motifs is 1. The molecule has 3 rings (SSSR count). The van der Waals surface area contributed by atoms with Crippen molar-refractivity contribution in [3.63, 3.8) is 0 Å². The van der Waals surface area contributed by atoms with Crippen LogP contribution in [-0.4, -0.2) is 21.6 Å². The highest BCUT2D eigenvalue weighted by atomic mass is 16.6. The van der Waals surface area contributed by atoms with E-state index in [0.29, 0.717) is 6.54 Å². The van der Waals surface area contributed by atoms with Gasteiger partial charge < -0.3 is 4.57 Å². The van der Waals surface area contributed by atoms with Gasteiger partial charge in [0.05, 0.1) is 17.7 Å². The van der Waals surface area contributed by atoms with Crippen LogP contribution in [0.2, 0.25) is 0 Å². The van der Waals surface area contributed by atoms with Gasteiger partial charge >= 0.3 is 0 Å². The van der Waals surface area contributed by atoms with Crippen LogP contribution in [0.4, 0.5) is 5.69 Å². The molecule has 0 spiro atoms. The third kappa shape index (κ3) is 3.55. The first-order valence-corrected chi connectivity index (χ1v) is 8.12. The molecular formula is C20H16N4O3. The molecule has 0 unspecified atom stereocenters. The van der Waals surface area contributed by atoms with Crippen LogP contribution in [0, 0.1) is 29.4 Å². The number of amides is 1. The third-order valence-corrected chi connectivity index (χ3v) is 4.21. The number of hydrogen-bond acceptors (Lipinski definition) is 4. The summed E-state index contributed by atoms with van der Waals surface area (Å²) in [6, 6.07) is 13.2.